The summed E-state index contributed by atoms with van der Waals surface area (Å²) in [5, 5.41) is 0. The smallest absolute Gasteiger partial charge is 0.165 e. The molecular formula is C32H33N8O2S-. The summed E-state index contributed by atoms with van der Waals surface area (Å²) in [6.07, 6.45) is 4.83. The predicted molar refractivity (Wildman–Crippen MR) is 169 cm³/mol. The Morgan fingerprint density at radius 3 is 2.40 bits per heavy atom. The fourth-order valence-electron chi connectivity index (χ4n) is 6.08. The number of hydrogen-bond acceptors (Lipinski definition) is 9. The molecule has 2 aliphatic rings. The van der Waals surface area contributed by atoms with Gasteiger partial charge in [0.2, 0.25) is 0 Å². The molecule has 220 valence electrons. The van der Waals surface area contributed by atoms with Crippen molar-refractivity contribution >= 4 is 33.7 Å². The molecule has 43 heavy (non-hydrogen) atoms. The second-order valence-corrected chi connectivity index (χ2v) is 12.3. The van der Waals surface area contributed by atoms with Crippen LogP contribution in [-0.2, 0) is 16.6 Å². The second kappa shape index (κ2) is 11.2. The molecule has 1 saturated heterocycles. The van der Waals surface area contributed by atoms with Crippen molar-refractivity contribution in [3.8, 4) is 28.3 Å². The molecule has 1 saturated carbocycles. The minimum absolute atomic E-state index is 0.0774. The van der Waals surface area contributed by atoms with Crippen LogP contribution in [0.3, 0.4) is 0 Å². The molecule has 10 nitrogen and oxygen atoms in total. The molecule has 2 aromatic carbocycles. The Morgan fingerprint density at radius 1 is 0.907 bits per heavy atom. The Labute approximate surface area is 252 Å². The second-order valence-electron chi connectivity index (χ2n) is 11.4. The van der Waals surface area contributed by atoms with Crippen LogP contribution in [0.5, 0.6) is 0 Å². The maximum atomic E-state index is 11.1. The summed E-state index contributed by atoms with van der Waals surface area (Å²) >= 11 is -2.06. The standard InChI is InChI=1S/C32H34N8O2S/c33-29-26(6-2-15-35-29)30-37-28-12-11-27(22-4-1-5-25(20-22)39-18-16-38(17-19-39)21-43(41)42)36-31(28)40(30)24-9-7-23(8-10-24)32(34)13-3-14-32/h1-2,4-12,15,20H,3,13-14,16-19,21,34H2,(H2,33,35)(H,41,42)/p-1. The molecule has 0 amide bonds. The number of aromatic nitrogens is 4. The Morgan fingerprint density at radius 2 is 1.70 bits per heavy atom. The highest BCUT2D eigenvalue weighted by atomic mass is 32.2. The number of pyridine rings is 2. The van der Waals surface area contributed by atoms with Gasteiger partial charge in [-0.2, -0.15) is 0 Å². The van der Waals surface area contributed by atoms with Crippen molar-refractivity contribution in [2.24, 2.45) is 5.73 Å². The SMILES string of the molecule is Nc1ncccc1-c1nc2ccc(-c3cccc(N4CCN(CS(=O)[O-])CC4)c3)nc2n1-c1ccc(C2(N)CCC2)cc1. The zero-order valence-corrected chi connectivity index (χ0v) is 24.5. The van der Waals surface area contributed by atoms with Crippen LogP contribution in [0.25, 0.3) is 39.5 Å². The average Bonchev–Trinajstić information content (AvgIpc) is 3.39. The molecule has 5 aromatic rings. The largest absolute Gasteiger partial charge is 0.771 e. The van der Waals surface area contributed by atoms with E-state index < -0.39 is 11.1 Å². The number of piperazine rings is 1. The van der Waals surface area contributed by atoms with Gasteiger partial charge in [-0.25, -0.2) is 15.0 Å². The summed E-state index contributed by atoms with van der Waals surface area (Å²) < 4.78 is 24.3. The number of anilines is 2. The van der Waals surface area contributed by atoms with E-state index in [0.717, 1.165) is 77.3 Å². The normalized spacial score (nSPS) is 17.6. The third-order valence-electron chi connectivity index (χ3n) is 8.70. The molecule has 1 atom stereocenters. The van der Waals surface area contributed by atoms with Crippen LogP contribution in [0.4, 0.5) is 11.5 Å². The summed E-state index contributed by atoms with van der Waals surface area (Å²) in [7, 11) is 0. The van der Waals surface area contributed by atoms with E-state index in [1.807, 2.05) is 39.8 Å². The molecule has 4 N–H and O–H groups in total. The van der Waals surface area contributed by atoms with Gasteiger partial charge in [-0.05, 0) is 84.4 Å². The van der Waals surface area contributed by atoms with Gasteiger partial charge in [0, 0.05) is 54.9 Å². The van der Waals surface area contributed by atoms with Crippen LogP contribution < -0.4 is 16.4 Å². The molecule has 1 unspecified atom stereocenters. The Balaban J connectivity index is 1.27. The lowest BCUT2D eigenvalue weighted by molar-refractivity contribution is 0.253. The minimum atomic E-state index is -2.06. The number of benzene rings is 2. The van der Waals surface area contributed by atoms with Gasteiger partial charge in [0.15, 0.2) is 11.5 Å². The zero-order valence-electron chi connectivity index (χ0n) is 23.7. The Bertz CT molecular complexity index is 1810. The number of imidazole rings is 1. The lowest BCUT2D eigenvalue weighted by Gasteiger charge is -2.38. The summed E-state index contributed by atoms with van der Waals surface area (Å²) in [5.41, 5.74) is 19.9. The van der Waals surface area contributed by atoms with Crippen molar-refractivity contribution in [3.05, 3.63) is 84.6 Å². The average molecular weight is 594 g/mol. The number of nitrogens with two attached hydrogens (primary N) is 2. The first kappa shape index (κ1) is 27.7. The first-order valence-electron chi connectivity index (χ1n) is 14.5. The summed E-state index contributed by atoms with van der Waals surface area (Å²) in [6.45, 7) is 2.92. The van der Waals surface area contributed by atoms with Gasteiger partial charge in [0.25, 0.3) is 0 Å². The van der Waals surface area contributed by atoms with E-state index in [1.165, 1.54) is 0 Å². The lowest BCUT2D eigenvalue weighted by Crippen LogP contribution is -2.47. The first-order chi connectivity index (χ1) is 20.9. The van der Waals surface area contributed by atoms with E-state index in [1.54, 1.807) is 6.20 Å². The summed E-state index contributed by atoms with van der Waals surface area (Å²) in [5.74, 6) is 1.16. The molecule has 3 aromatic heterocycles. The zero-order chi connectivity index (χ0) is 29.6. The van der Waals surface area contributed by atoms with E-state index in [4.69, 9.17) is 21.4 Å². The van der Waals surface area contributed by atoms with E-state index >= 15 is 0 Å². The monoisotopic (exact) mass is 593 g/mol. The Hall–Kier alpha value is -4.16. The van der Waals surface area contributed by atoms with Crippen molar-refractivity contribution in [1.82, 2.24) is 24.4 Å². The van der Waals surface area contributed by atoms with Crippen molar-refractivity contribution in [3.63, 3.8) is 0 Å². The fourth-order valence-corrected chi connectivity index (χ4v) is 6.64. The van der Waals surface area contributed by atoms with Crippen molar-refractivity contribution in [1.29, 1.82) is 0 Å². The molecule has 0 bridgehead atoms. The van der Waals surface area contributed by atoms with Gasteiger partial charge in [0.05, 0.1) is 17.1 Å². The van der Waals surface area contributed by atoms with Crippen molar-refractivity contribution in [2.75, 3.05) is 42.7 Å². The molecule has 0 radical (unpaired) electrons. The lowest BCUT2D eigenvalue weighted by atomic mass is 9.73. The van der Waals surface area contributed by atoms with Gasteiger partial charge in [0.1, 0.15) is 11.3 Å². The number of rotatable bonds is 7. The first-order valence-corrected chi connectivity index (χ1v) is 15.8. The number of nitrogen functional groups attached to an aromatic ring is 1. The third-order valence-corrected chi connectivity index (χ3v) is 9.27. The molecule has 2 fully saturated rings. The highest BCUT2D eigenvalue weighted by Crippen LogP contribution is 2.39. The van der Waals surface area contributed by atoms with Crippen LogP contribution >= 0.6 is 0 Å². The van der Waals surface area contributed by atoms with E-state index in [2.05, 4.69) is 52.3 Å². The quantitative estimate of drug-likeness (QED) is 0.268. The van der Waals surface area contributed by atoms with Crippen molar-refractivity contribution in [2.45, 2.75) is 24.8 Å². The van der Waals surface area contributed by atoms with Gasteiger partial charge >= 0.3 is 0 Å². The van der Waals surface area contributed by atoms with Gasteiger partial charge in [-0.15, -0.1) is 0 Å². The van der Waals surface area contributed by atoms with E-state index in [0.29, 0.717) is 24.7 Å². The van der Waals surface area contributed by atoms with Gasteiger partial charge in [-0.1, -0.05) is 24.3 Å². The molecule has 4 heterocycles. The van der Waals surface area contributed by atoms with Crippen LogP contribution in [0, 0.1) is 0 Å². The highest BCUT2D eigenvalue weighted by Gasteiger charge is 2.34. The maximum absolute atomic E-state index is 11.1. The molecule has 1 aliphatic carbocycles. The van der Waals surface area contributed by atoms with E-state index in [9.17, 15) is 8.76 Å². The summed E-state index contributed by atoms with van der Waals surface area (Å²) in [4.78, 5) is 18.7. The predicted octanol–water partition coefficient (Wildman–Crippen LogP) is 4.03. The summed E-state index contributed by atoms with van der Waals surface area (Å²) in [6, 6.07) is 24.5. The fraction of sp³-hybridized carbons (Fsp3) is 0.281. The minimum Gasteiger partial charge on any atom is -0.771 e. The highest BCUT2D eigenvalue weighted by molar-refractivity contribution is 7.79. The van der Waals surface area contributed by atoms with Crippen LogP contribution in [0.15, 0.2) is 79.0 Å². The molecule has 7 rings (SSSR count). The van der Waals surface area contributed by atoms with Gasteiger partial charge in [-0.3, -0.25) is 13.7 Å². The molecular weight excluding hydrogens is 560 g/mol. The number of nitrogens with zero attached hydrogens (tertiary/aromatic N) is 6. The number of hydrogen-bond donors (Lipinski definition) is 2. The van der Waals surface area contributed by atoms with Crippen molar-refractivity contribution < 1.29 is 8.76 Å². The molecule has 11 heteroatoms. The molecule has 1 aliphatic heterocycles. The van der Waals surface area contributed by atoms with Crippen LogP contribution in [0.1, 0.15) is 24.8 Å². The van der Waals surface area contributed by atoms with Gasteiger partial charge < -0.3 is 20.9 Å². The van der Waals surface area contributed by atoms with Crippen LogP contribution in [-0.4, -0.2) is 65.2 Å². The van der Waals surface area contributed by atoms with Crippen LogP contribution in [0.2, 0.25) is 0 Å². The third kappa shape index (κ3) is 5.29. The topological polar surface area (TPSA) is 142 Å². The maximum Gasteiger partial charge on any atom is 0.165 e. The Kier molecular flexibility index (Phi) is 7.18. The number of fused-ring (bicyclic) bond motifs is 1. The molecule has 0 spiro atoms. The van der Waals surface area contributed by atoms with E-state index in [-0.39, 0.29) is 11.4 Å².